The third-order valence-electron chi connectivity index (χ3n) is 2.06. The van der Waals surface area contributed by atoms with Crippen LogP contribution in [0.5, 0.6) is 0 Å². The van der Waals surface area contributed by atoms with Crippen molar-refractivity contribution in [3.05, 3.63) is 29.4 Å². The first-order chi connectivity index (χ1) is 8.71. The Bertz CT molecular complexity index is 733. The highest BCUT2D eigenvalue weighted by atomic mass is 35.5. The Morgan fingerprint density at radius 2 is 1.63 bits per heavy atom. The number of fused-ring (bicyclic) bond motifs is 1. The lowest BCUT2D eigenvalue weighted by Gasteiger charge is -2.11. The molecule has 0 unspecified atom stereocenters. The van der Waals surface area contributed by atoms with Crippen LogP contribution < -0.4 is 4.72 Å². The molecule has 0 aliphatic carbocycles. The van der Waals surface area contributed by atoms with Gasteiger partial charge in [-0.1, -0.05) is 23.7 Å². The number of nitrogens with zero attached hydrogens (tertiary/aromatic N) is 2. The summed E-state index contributed by atoms with van der Waals surface area (Å²) in [7, 11) is -5.58. The Kier molecular flexibility index (Phi) is 3.27. The van der Waals surface area contributed by atoms with E-state index in [0.29, 0.717) is 5.52 Å². The molecular weight excluding hydrogens is 307 g/mol. The summed E-state index contributed by atoms with van der Waals surface area (Å²) in [5.74, 6) is -0.669. The molecule has 0 saturated heterocycles. The molecule has 0 amide bonds. The van der Waals surface area contributed by atoms with Crippen LogP contribution in [0.15, 0.2) is 24.3 Å². The lowest BCUT2D eigenvalue weighted by molar-refractivity contribution is -0.0429. The molecule has 0 bridgehead atoms. The Morgan fingerprint density at radius 3 is 2.16 bits per heavy atom. The lowest BCUT2D eigenvalue weighted by Crippen LogP contribution is -2.30. The van der Waals surface area contributed by atoms with Gasteiger partial charge in [-0.2, -0.15) is 21.6 Å². The van der Waals surface area contributed by atoms with Crippen molar-refractivity contribution >= 4 is 38.5 Å². The van der Waals surface area contributed by atoms with E-state index in [1.165, 1.54) is 16.9 Å². The number of alkyl halides is 3. The number of halogens is 4. The number of anilines is 1. The minimum Gasteiger partial charge on any atom is -0.257 e. The van der Waals surface area contributed by atoms with Crippen molar-refractivity contribution in [3.63, 3.8) is 0 Å². The highest BCUT2D eigenvalue weighted by molar-refractivity contribution is 7.93. The number of rotatable bonds is 2. The molecule has 1 N–H and O–H groups in total. The first kappa shape index (κ1) is 13.8. The molecular formula is C9H5ClF3N3O2S. The van der Waals surface area contributed by atoms with E-state index in [-0.39, 0.29) is 5.52 Å². The van der Waals surface area contributed by atoms with E-state index in [4.69, 9.17) is 11.6 Å². The second-order valence-electron chi connectivity index (χ2n) is 3.40. The van der Waals surface area contributed by atoms with E-state index in [0.717, 1.165) is 0 Å². The smallest absolute Gasteiger partial charge is 0.257 e. The Balaban J connectivity index is 2.50. The maximum Gasteiger partial charge on any atom is 0.516 e. The third kappa shape index (κ3) is 2.71. The first-order valence-electron chi connectivity index (χ1n) is 4.72. The van der Waals surface area contributed by atoms with E-state index < -0.39 is 26.5 Å². The maximum absolute atomic E-state index is 12.2. The summed E-state index contributed by atoms with van der Waals surface area (Å²) in [6.07, 6.45) is 0. The summed E-state index contributed by atoms with van der Waals surface area (Å²) in [5, 5.41) is -0.466. The zero-order valence-electron chi connectivity index (χ0n) is 8.94. The molecule has 2 rings (SSSR count). The zero-order valence-corrected chi connectivity index (χ0v) is 10.5. The van der Waals surface area contributed by atoms with Gasteiger partial charge in [-0.05, 0) is 12.1 Å². The number of hydrogen-bond donors (Lipinski definition) is 1. The number of hydrogen-bond acceptors (Lipinski definition) is 4. The van der Waals surface area contributed by atoms with Crippen molar-refractivity contribution in [1.29, 1.82) is 0 Å². The SMILES string of the molecule is O=S(=O)(Nc1nc2ccccc2nc1Cl)C(F)(F)F. The second kappa shape index (κ2) is 4.49. The van der Waals surface area contributed by atoms with Crippen LogP contribution in [0.3, 0.4) is 0 Å². The molecule has 0 fully saturated rings. The van der Waals surface area contributed by atoms with Crippen LogP contribution in [0.25, 0.3) is 11.0 Å². The van der Waals surface area contributed by atoms with Gasteiger partial charge in [0.2, 0.25) is 0 Å². The average Bonchev–Trinajstić information content (AvgIpc) is 2.28. The van der Waals surface area contributed by atoms with Crippen molar-refractivity contribution in [2.75, 3.05) is 4.72 Å². The molecule has 1 aromatic carbocycles. The van der Waals surface area contributed by atoms with Crippen LogP contribution in [0.1, 0.15) is 0 Å². The number of benzene rings is 1. The van der Waals surface area contributed by atoms with Crippen molar-refractivity contribution < 1.29 is 21.6 Å². The summed E-state index contributed by atoms with van der Waals surface area (Å²) in [5.41, 5.74) is -4.90. The fourth-order valence-corrected chi connectivity index (χ4v) is 1.98. The second-order valence-corrected chi connectivity index (χ2v) is 5.43. The molecule has 0 aliphatic rings. The van der Waals surface area contributed by atoms with Crippen LogP contribution in [0, 0.1) is 0 Å². The van der Waals surface area contributed by atoms with E-state index in [9.17, 15) is 21.6 Å². The Labute approximate surface area is 110 Å². The topological polar surface area (TPSA) is 72.0 Å². The quantitative estimate of drug-likeness (QED) is 0.925. The van der Waals surface area contributed by atoms with Gasteiger partial charge in [-0.15, -0.1) is 0 Å². The fourth-order valence-electron chi connectivity index (χ4n) is 1.23. The van der Waals surface area contributed by atoms with Gasteiger partial charge in [0.15, 0.2) is 11.0 Å². The minimum absolute atomic E-state index is 0.215. The Hall–Kier alpha value is -1.61. The Morgan fingerprint density at radius 1 is 1.11 bits per heavy atom. The van der Waals surface area contributed by atoms with Crippen molar-refractivity contribution in [3.8, 4) is 0 Å². The van der Waals surface area contributed by atoms with Crippen LogP contribution in [0.2, 0.25) is 5.15 Å². The van der Waals surface area contributed by atoms with Gasteiger partial charge in [0.05, 0.1) is 11.0 Å². The first-order valence-corrected chi connectivity index (χ1v) is 6.58. The van der Waals surface area contributed by atoms with Crippen molar-refractivity contribution in [2.24, 2.45) is 0 Å². The number of sulfonamides is 1. The van der Waals surface area contributed by atoms with E-state index in [1.807, 2.05) is 0 Å². The van der Waals surface area contributed by atoms with Crippen LogP contribution in [-0.2, 0) is 10.0 Å². The highest BCUT2D eigenvalue weighted by Gasteiger charge is 2.46. The standard InChI is InChI=1S/C9H5ClF3N3O2S/c10-7-8(16-19(17,18)9(11,12)13)15-6-4-2-1-3-5(6)14-7/h1-4H,(H,15,16). The van der Waals surface area contributed by atoms with Gasteiger partial charge in [-0.25, -0.2) is 9.97 Å². The summed E-state index contributed by atoms with van der Waals surface area (Å²) < 4.78 is 59.8. The summed E-state index contributed by atoms with van der Waals surface area (Å²) in [6, 6.07) is 6.21. The summed E-state index contributed by atoms with van der Waals surface area (Å²) >= 11 is 5.59. The molecule has 0 spiro atoms. The molecule has 0 atom stereocenters. The monoisotopic (exact) mass is 311 g/mol. The largest absolute Gasteiger partial charge is 0.516 e. The fraction of sp³-hybridized carbons (Fsp3) is 0.111. The maximum atomic E-state index is 12.2. The normalized spacial score (nSPS) is 12.6. The molecule has 102 valence electrons. The molecule has 5 nitrogen and oxygen atoms in total. The van der Waals surface area contributed by atoms with Crippen LogP contribution in [0.4, 0.5) is 19.0 Å². The predicted octanol–water partition coefficient (Wildman–Crippen LogP) is 2.54. The van der Waals surface area contributed by atoms with Gasteiger partial charge in [0.1, 0.15) is 0 Å². The molecule has 1 aromatic heterocycles. The molecule has 0 aliphatic heterocycles. The molecule has 19 heavy (non-hydrogen) atoms. The van der Waals surface area contributed by atoms with E-state index in [2.05, 4.69) is 9.97 Å². The van der Waals surface area contributed by atoms with E-state index >= 15 is 0 Å². The van der Waals surface area contributed by atoms with Crippen LogP contribution >= 0.6 is 11.6 Å². The molecule has 0 saturated carbocycles. The van der Waals surface area contributed by atoms with Gasteiger partial charge in [0.25, 0.3) is 0 Å². The van der Waals surface area contributed by atoms with Crippen molar-refractivity contribution in [1.82, 2.24) is 9.97 Å². The van der Waals surface area contributed by atoms with Gasteiger partial charge < -0.3 is 0 Å². The number of nitrogens with one attached hydrogen (secondary N) is 1. The number of aromatic nitrogens is 2. The van der Waals surface area contributed by atoms with Gasteiger partial charge in [0, 0.05) is 0 Å². The molecule has 10 heteroatoms. The van der Waals surface area contributed by atoms with Gasteiger partial charge in [-0.3, -0.25) is 4.72 Å². The third-order valence-corrected chi connectivity index (χ3v) is 3.40. The molecule has 0 radical (unpaired) electrons. The van der Waals surface area contributed by atoms with E-state index in [1.54, 1.807) is 12.1 Å². The highest BCUT2D eigenvalue weighted by Crippen LogP contribution is 2.28. The predicted molar refractivity (Wildman–Crippen MR) is 63.1 cm³/mol. The number of para-hydroxylation sites is 2. The average molecular weight is 312 g/mol. The van der Waals surface area contributed by atoms with Crippen LogP contribution in [-0.4, -0.2) is 23.9 Å². The van der Waals surface area contributed by atoms with Crippen molar-refractivity contribution in [2.45, 2.75) is 5.51 Å². The molecule has 1 heterocycles. The summed E-state index contributed by atoms with van der Waals surface area (Å²) in [6.45, 7) is 0. The van der Waals surface area contributed by atoms with Gasteiger partial charge >= 0.3 is 15.5 Å². The zero-order chi connectivity index (χ0) is 14.3. The lowest BCUT2D eigenvalue weighted by atomic mass is 10.3. The molecule has 2 aromatic rings. The minimum atomic E-state index is -5.58. The summed E-state index contributed by atoms with van der Waals surface area (Å²) in [4.78, 5) is 7.44.